The molecule has 29 heavy (non-hydrogen) atoms. The Labute approximate surface area is 206 Å². The minimum atomic E-state index is -0.944. The minimum absolute atomic E-state index is 0. The van der Waals surface area contributed by atoms with Gasteiger partial charge in [-0.3, -0.25) is 9.59 Å². The molecule has 2 atom stereocenters. The summed E-state index contributed by atoms with van der Waals surface area (Å²) < 4.78 is 9.64. The number of rotatable bonds is 5. The van der Waals surface area contributed by atoms with Crippen LogP contribution < -0.4 is 29.6 Å². The second-order valence-corrected chi connectivity index (χ2v) is 4.99. The third-order valence-electron chi connectivity index (χ3n) is 2.41. The monoisotopic (exact) mass is 444 g/mol. The second-order valence-electron chi connectivity index (χ2n) is 4.99. The van der Waals surface area contributed by atoms with Gasteiger partial charge in [0, 0.05) is 21.0 Å². The Morgan fingerprint density at radius 1 is 0.828 bits per heavy atom. The Morgan fingerprint density at radius 3 is 1.17 bits per heavy atom. The molecule has 0 heterocycles. The summed E-state index contributed by atoms with van der Waals surface area (Å²) in [4.78, 5) is 20.7. The number of carbonyl (C=O) groups is 2. The van der Waals surface area contributed by atoms with Crippen LogP contribution in [-0.2, 0) is 19.1 Å². The maximum atomic E-state index is 10.5. The first-order valence-electron chi connectivity index (χ1n) is 7.06. The van der Waals surface area contributed by atoms with Crippen LogP contribution in [0.3, 0.4) is 0 Å². The van der Waals surface area contributed by atoms with Gasteiger partial charge in [-0.2, -0.15) is 0 Å². The molecule has 0 saturated heterocycles. The summed E-state index contributed by atoms with van der Waals surface area (Å²) in [7, 11) is 1.00. The molecule has 0 fully saturated rings. The van der Waals surface area contributed by atoms with Gasteiger partial charge in [0.15, 0.2) is 0 Å². The maximum Gasteiger partial charge on any atom is 1.00 e. The summed E-state index contributed by atoms with van der Waals surface area (Å²) >= 11 is 0. The number of esters is 2. The van der Waals surface area contributed by atoms with Crippen molar-refractivity contribution in [2.75, 3.05) is 7.11 Å². The molecule has 0 amide bonds. The fourth-order valence-corrected chi connectivity index (χ4v) is 1.29. The van der Waals surface area contributed by atoms with Crippen molar-refractivity contribution in [3.05, 3.63) is 0 Å². The van der Waals surface area contributed by atoms with Gasteiger partial charge in [-0.1, -0.05) is 58.4 Å². The van der Waals surface area contributed by atoms with Gasteiger partial charge in [-0.15, -0.1) is 0 Å². The number of aliphatic hydroxyl groups excluding tert-OH is 1. The molecule has 0 aromatic carbocycles. The van der Waals surface area contributed by atoms with Crippen molar-refractivity contribution in [2.45, 2.75) is 124 Å². The summed E-state index contributed by atoms with van der Waals surface area (Å²) in [5.74, 6) is -0.543. The topological polar surface area (TPSA) is 123 Å². The van der Waals surface area contributed by atoms with Crippen molar-refractivity contribution in [3.8, 4) is 0 Å². The third-order valence-corrected chi connectivity index (χ3v) is 2.41. The van der Waals surface area contributed by atoms with E-state index in [9.17, 15) is 14.7 Å². The number of carbonyl (C=O) groups excluding carboxylic acids is 2. The molecule has 0 rings (SSSR count). The molecule has 0 aromatic rings. The van der Waals surface area contributed by atoms with Gasteiger partial charge in [0.2, 0.25) is 0 Å². The zero-order chi connectivity index (χ0) is 17.6. The fourth-order valence-electron chi connectivity index (χ4n) is 1.29. The van der Waals surface area contributed by atoms with Crippen molar-refractivity contribution < 1.29 is 64.3 Å². The first-order valence-corrected chi connectivity index (χ1v) is 7.06. The molecule has 8 heteroatoms. The predicted octanol–water partition coefficient (Wildman–Crippen LogP) is 2.70. The predicted molar refractivity (Wildman–Crippen MR) is 124 cm³/mol. The molecule has 3 N–H and O–H groups in total. The Hall–Kier alpha value is -0.180. The average Bonchev–Trinajstić information content (AvgIpc) is 2.36. The maximum absolute atomic E-state index is 10.5. The Balaban J connectivity index is -0.0000000185. The molecule has 0 radical (unpaired) electrons. The van der Waals surface area contributed by atoms with Crippen LogP contribution in [-0.4, -0.2) is 52.5 Å². The van der Waals surface area contributed by atoms with E-state index in [1.165, 1.54) is 13.8 Å². The van der Waals surface area contributed by atoms with Crippen LogP contribution in [0, 0.1) is 0 Å². The molecular formula is C21H57NaO7. The van der Waals surface area contributed by atoms with Gasteiger partial charge in [-0.05, 0) is 33.6 Å². The summed E-state index contributed by atoms with van der Waals surface area (Å²) in [5.41, 5.74) is -0.944. The van der Waals surface area contributed by atoms with E-state index in [1.54, 1.807) is 13.8 Å². The number of hydrogen-bond acceptors (Lipinski definition) is 7. The van der Waals surface area contributed by atoms with Crippen molar-refractivity contribution in [3.63, 3.8) is 0 Å². The van der Waals surface area contributed by atoms with Gasteiger partial charge < -0.3 is 25.2 Å². The second kappa shape index (κ2) is 42.0. The van der Waals surface area contributed by atoms with Crippen LogP contribution >= 0.6 is 0 Å². The molecule has 2 unspecified atom stereocenters. The van der Waals surface area contributed by atoms with E-state index in [0.717, 1.165) is 13.5 Å². The van der Waals surface area contributed by atoms with E-state index in [2.05, 4.69) is 0 Å². The van der Waals surface area contributed by atoms with E-state index < -0.39 is 11.7 Å². The molecule has 0 aliphatic rings. The first-order chi connectivity index (χ1) is 9.54. The fraction of sp³-hybridized carbons (Fsp3) is 0.905. The standard InChI is InChI=1S/C8H16O3.C6H12O2.CH4O.6CH4.Na.H2O/c1-5-7(8(3,4)10)11-6(2)9;1-4-5(2)8-6(3)7;1-2;;;;;;;;/h7,10H,5H2,1-4H3;5H,4H2,1-3H3;2H,1H3;6*1H4;;1H2/q;;;;;;;;;+1;/p-1. The van der Waals surface area contributed by atoms with Crippen LogP contribution in [0.2, 0.25) is 0 Å². The first kappa shape index (κ1) is 70.2. The summed E-state index contributed by atoms with van der Waals surface area (Å²) in [6.45, 7) is 11.7. The smallest absolute Gasteiger partial charge is 0.870 e. The van der Waals surface area contributed by atoms with Gasteiger partial charge in [0.05, 0.1) is 11.7 Å². The molecule has 0 aromatic heterocycles. The van der Waals surface area contributed by atoms with Crippen LogP contribution in [0.15, 0.2) is 0 Å². The summed E-state index contributed by atoms with van der Waals surface area (Å²) in [6, 6.07) is 0. The van der Waals surface area contributed by atoms with Crippen LogP contribution in [0.1, 0.15) is 106 Å². The molecule has 0 saturated carbocycles. The molecular weight excluding hydrogens is 387 g/mol. The van der Waals surface area contributed by atoms with Crippen molar-refractivity contribution >= 4 is 11.9 Å². The Morgan fingerprint density at radius 2 is 1.10 bits per heavy atom. The average molecular weight is 445 g/mol. The number of aliphatic hydroxyl groups is 2. The van der Waals surface area contributed by atoms with Crippen LogP contribution in [0.5, 0.6) is 0 Å². The molecule has 184 valence electrons. The molecule has 0 aliphatic carbocycles. The van der Waals surface area contributed by atoms with Gasteiger partial charge >= 0.3 is 41.5 Å². The van der Waals surface area contributed by atoms with Gasteiger partial charge in [0.1, 0.15) is 6.10 Å². The summed E-state index contributed by atoms with van der Waals surface area (Å²) in [5, 5.41) is 16.4. The normalized spacial score (nSPS) is 9.17. The van der Waals surface area contributed by atoms with Crippen molar-refractivity contribution in [1.82, 2.24) is 0 Å². The van der Waals surface area contributed by atoms with E-state index in [1.807, 2.05) is 20.8 Å². The molecule has 0 aliphatic heterocycles. The molecule has 0 spiro atoms. The SMILES string of the molecule is C.C.C.C.C.C.CCC(C)OC(C)=O.CCC(OC(C)=O)C(C)(C)O.CO.[Na+].[OH-]. The van der Waals surface area contributed by atoms with E-state index in [4.69, 9.17) is 14.6 Å². The Kier molecular flexibility index (Phi) is 102. The number of hydrogen-bond donors (Lipinski definition) is 2. The number of ether oxygens (including phenoxy) is 2. The molecule has 0 bridgehead atoms. The zero-order valence-electron chi connectivity index (χ0n) is 16.0. The van der Waals surface area contributed by atoms with E-state index >= 15 is 0 Å². The minimum Gasteiger partial charge on any atom is -0.870 e. The van der Waals surface area contributed by atoms with Crippen molar-refractivity contribution in [1.29, 1.82) is 0 Å². The van der Waals surface area contributed by atoms with Crippen LogP contribution in [0.25, 0.3) is 0 Å². The van der Waals surface area contributed by atoms with Crippen LogP contribution in [0.4, 0.5) is 0 Å². The van der Waals surface area contributed by atoms with Crippen molar-refractivity contribution in [2.24, 2.45) is 0 Å². The van der Waals surface area contributed by atoms with E-state index in [0.29, 0.717) is 6.42 Å². The summed E-state index contributed by atoms with van der Waals surface area (Å²) in [6.07, 6.45) is 1.19. The third kappa shape index (κ3) is 58.4. The molecule has 7 nitrogen and oxygen atoms in total. The largest absolute Gasteiger partial charge is 1.00 e. The zero-order valence-corrected chi connectivity index (χ0v) is 18.0. The van der Waals surface area contributed by atoms with Gasteiger partial charge in [-0.25, -0.2) is 0 Å². The van der Waals surface area contributed by atoms with Gasteiger partial charge in [0.25, 0.3) is 0 Å². The van der Waals surface area contributed by atoms with E-state index in [-0.39, 0.29) is 97.6 Å². The quantitative estimate of drug-likeness (QED) is 0.493. The Bertz CT molecular complexity index is 281.